The molecule has 1 aliphatic heterocycles. The van der Waals surface area contributed by atoms with Gasteiger partial charge >= 0.3 is 0 Å². The summed E-state index contributed by atoms with van der Waals surface area (Å²) in [5, 5.41) is 13.2. The van der Waals surface area contributed by atoms with E-state index in [2.05, 4.69) is 30.1 Å². The van der Waals surface area contributed by atoms with Gasteiger partial charge in [0.15, 0.2) is 0 Å². The number of anilines is 1. The number of hydrogen-bond donors (Lipinski definition) is 1. The number of hydrogen-bond acceptors (Lipinski definition) is 5. The van der Waals surface area contributed by atoms with Gasteiger partial charge in [0.25, 0.3) is 5.91 Å². The van der Waals surface area contributed by atoms with Crippen LogP contribution in [0.3, 0.4) is 0 Å². The molecule has 4 rings (SSSR count). The maximum atomic E-state index is 12.8. The molecule has 0 saturated carbocycles. The fourth-order valence-electron chi connectivity index (χ4n) is 4.01. The first kappa shape index (κ1) is 24.8. The Morgan fingerprint density at radius 2 is 1.91 bits per heavy atom. The van der Waals surface area contributed by atoms with Crippen LogP contribution in [-0.2, 0) is 4.74 Å². The van der Waals surface area contributed by atoms with E-state index in [-0.39, 0.29) is 11.3 Å². The van der Waals surface area contributed by atoms with E-state index in [0.717, 1.165) is 38.5 Å². The predicted octanol–water partition coefficient (Wildman–Crippen LogP) is 4.99. The molecule has 1 amide bonds. The van der Waals surface area contributed by atoms with Crippen molar-refractivity contribution in [1.29, 1.82) is 5.26 Å². The molecule has 0 unspecified atom stereocenters. The third-order valence-electron chi connectivity index (χ3n) is 5.81. The molecule has 0 bridgehead atoms. The second kappa shape index (κ2) is 11.0. The van der Waals surface area contributed by atoms with Crippen molar-refractivity contribution in [3.05, 3.63) is 77.1 Å². The first-order chi connectivity index (χ1) is 16.8. The first-order valence-electron chi connectivity index (χ1n) is 11.6. The highest BCUT2D eigenvalue weighted by Gasteiger charge is 2.24. The highest BCUT2D eigenvalue weighted by molar-refractivity contribution is 6.30. The maximum Gasteiger partial charge on any atom is 0.257 e. The van der Waals surface area contributed by atoms with Crippen LogP contribution in [0.5, 0.6) is 5.75 Å². The minimum Gasteiger partial charge on any atom is -0.492 e. The number of nitriles is 1. The van der Waals surface area contributed by atoms with Crippen LogP contribution in [0.2, 0.25) is 5.02 Å². The Hall–Kier alpha value is -3.31. The van der Waals surface area contributed by atoms with Crippen molar-refractivity contribution in [1.82, 2.24) is 9.47 Å². The smallest absolute Gasteiger partial charge is 0.257 e. The molecule has 2 heterocycles. The monoisotopic (exact) mass is 492 g/mol. The summed E-state index contributed by atoms with van der Waals surface area (Å²) >= 11 is 5.95. The molecule has 35 heavy (non-hydrogen) atoms. The van der Waals surface area contributed by atoms with Gasteiger partial charge in [-0.1, -0.05) is 25.4 Å². The second-order valence-corrected chi connectivity index (χ2v) is 9.84. The summed E-state index contributed by atoms with van der Waals surface area (Å²) in [4.78, 5) is 15.1. The number of amides is 1. The predicted molar refractivity (Wildman–Crippen MR) is 136 cm³/mol. The molecule has 1 N–H and O–H groups in total. The highest BCUT2D eigenvalue weighted by Crippen LogP contribution is 2.26. The van der Waals surface area contributed by atoms with Gasteiger partial charge in [0, 0.05) is 53.8 Å². The quantitative estimate of drug-likeness (QED) is 0.479. The summed E-state index contributed by atoms with van der Waals surface area (Å²) in [6, 6.07) is 16.4. The van der Waals surface area contributed by atoms with Gasteiger partial charge in [-0.2, -0.15) is 5.26 Å². The molecule has 7 nitrogen and oxygen atoms in total. The molecular weight excluding hydrogens is 464 g/mol. The molecule has 8 heteroatoms. The summed E-state index contributed by atoms with van der Waals surface area (Å²) < 4.78 is 13.3. The van der Waals surface area contributed by atoms with E-state index in [1.54, 1.807) is 42.6 Å². The second-order valence-electron chi connectivity index (χ2n) is 9.40. The Morgan fingerprint density at radius 1 is 1.17 bits per heavy atom. The van der Waals surface area contributed by atoms with E-state index in [0.29, 0.717) is 34.2 Å². The van der Waals surface area contributed by atoms with E-state index >= 15 is 0 Å². The number of morpholine rings is 1. The van der Waals surface area contributed by atoms with Gasteiger partial charge < -0.3 is 19.4 Å². The maximum absolute atomic E-state index is 12.8. The SMILES string of the molecule is CC(C)(COc1ccc(NC(=O)c2ccn(-c3ccc(Cl)cc3)c2)cc1C#N)CN1CCOCC1. The number of ether oxygens (including phenoxy) is 2. The highest BCUT2D eigenvalue weighted by atomic mass is 35.5. The zero-order valence-corrected chi connectivity index (χ0v) is 20.7. The summed E-state index contributed by atoms with van der Waals surface area (Å²) in [5.74, 6) is 0.247. The van der Waals surface area contributed by atoms with Crippen LogP contribution < -0.4 is 10.1 Å². The van der Waals surface area contributed by atoms with Crippen LogP contribution >= 0.6 is 11.6 Å². The number of carbonyl (C=O) groups excluding carboxylic acids is 1. The van der Waals surface area contributed by atoms with Crippen LogP contribution in [0, 0.1) is 16.7 Å². The van der Waals surface area contributed by atoms with E-state index in [1.165, 1.54) is 0 Å². The van der Waals surface area contributed by atoms with Crippen molar-refractivity contribution in [2.75, 3.05) is 44.8 Å². The Balaban J connectivity index is 1.38. The van der Waals surface area contributed by atoms with Crippen molar-refractivity contribution in [2.45, 2.75) is 13.8 Å². The average Bonchev–Trinajstić information content (AvgIpc) is 3.34. The van der Waals surface area contributed by atoms with Crippen molar-refractivity contribution < 1.29 is 14.3 Å². The summed E-state index contributed by atoms with van der Waals surface area (Å²) in [6.07, 6.45) is 3.56. The van der Waals surface area contributed by atoms with Gasteiger partial charge in [0.1, 0.15) is 11.8 Å². The minimum atomic E-state index is -0.262. The van der Waals surface area contributed by atoms with Gasteiger partial charge in [0.2, 0.25) is 0 Å². The lowest BCUT2D eigenvalue weighted by Gasteiger charge is -2.34. The minimum absolute atomic E-state index is 0.0891. The fourth-order valence-corrected chi connectivity index (χ4v) is 4.14. The molecule has 1 aromatic heterocycles. The number of nitrogens with zero attached hydrogens (tertiary/aromatic N) is 3. The average molecular weight is 493 g/mol. The van der Waals surface area contributed by atoms with Gasteiger partial charge in [-0.05, 0) is 48.5 Å². The molecule has 182 valence electrons. The van der Waals surface area contributed by atoms with Gasteiger partial charge in [-0.3, -0.25) is 9.69 Å². The van der Waals surface area contributed by atoms with E-state index < -0.39 is 0 Å². The lowest BCUT2D eigenvalue weighted by molar-refractivity contribution is 0.0132. The molecular formula is C27H29ClN4O3. The summed E-state index contributed by atoms with van der Waals surface area (Å²) in [7, 11) is 0. The molecule has 1 saturated heterocycles. The van der Waals surface area contributed by atoms with E-state index in [4.69, 9.17) is 21.1 Å². The number of benzene rings is 2. The number of halogens is 1. The number of nitrogens with one attached hydrogen (secondary N) is 1. The topological polar surface area (TPSA) is 79.5 Å². The molecule has 3 aromatic rings. The standard InChI is InChI=1S/C27H29ClN4O3/c1-27(2,18-31-11-13-34-14-12-31)19-35-25-8-5-23(15-21(25)16-29)30-26(33)20-9-10-32(17-20)24-6-3-22(28)4-7-24/h3-10,15,17H,11-14,18-19H2,1-2H3,(H,30,33). The van der Waals surface area contributed by atoms with E-state index in [9.17, 15) is 10.1 Å². The van der Waals surface area contributed by atoms with Crippen LogP contribution in [0.15, 0.2) is 60.9 Å². The molecule has 0 atom stereocenters. The molecule has 1 aliphatic rings. The van der Waals surface area contributed by atoms with Gasteiger partial charge in [-0.15, -0.1) is 0 Å². The summed E-state index contributed by atoms with van der Waals surface area (Å²) in [6.45, 7) is 9.03. The number of aromatic nitrogens is 1. The Kier molecular flexibility index (Phi) is 7.76. The fraction of sp³-hybridized carbons (Fsp3) is 0.333. The Labute approximate surface area is 210 Å². The molecule has 1 fully saturated rings. The van der Waals surface area contributed by atoms with Crippen LogP contribution in [-0.4, -0.2) is 54.8 Å². The first-order valence-corrected chi connectivity index (χ1v) is 11.9. The van der Waals surface area contributed by atoms with Gasteiger partial charge in [-0.25, -0.2) is 0 Å². The van der Waals surface area contributed by atoms with Crippen LogP contribution in [0.1, 0.15) is 29.8 Å². The Morgan fingerprint density at radius 3 is 2.63 bits per heavy atom. The Bertz CT molecular complexity index is 1210. The van der Waals surface area contributed by atoms with Crippen LogP contribution in [0.4, 0.5) is 5.69 Å². The third kappa shape index (κ3) is 6.64. The third-order valence-corrected chi connectivity index (χ3v) is 6.06. The van der Waals surface area contributed by atoms with Crippen molar-refractivity contribution in [3.63, 3.8) is 0 Å². The molecule has 0 spiro atoms. The largest absolute Gasteiger partial charge is 0.492 e. The lowest BCUT2D eigenvalue weighted by atomic mass is 9.93. The van der Waals surface area contributed by atoms with Crippen LogP contribution in [0.25, 0.3) is 5.69 Å². The zero-order valence-electron chi connectivity index (χ0n) is 20.0. The van der Waals surface area contributed by atoms with Crippen molar-refractivity contribution in [3.8, 4) is 17.5 Å². The molecule has 0 radical (unpaired) electrons. The van der Waals surface area contributed by atoms with Crippen molar-refractivity contribution >= 4 is 23.2 Å². The van der Waals surface area contributed by atoms with Crippen molar-refractivity contribution in [2.24, 2.45) is 5.41 Å². The van der Waals surface area contributed by atoms with Gasteiger partial charge in [0.05, 0.1) is 30.9 Å². The number of carbonyl (C=O) groups is 1. The lowest BCUT2D eigenvalue weighted by Crippen LogP contribution is -2.43. The normalized spacial score (nSPS) is 14.3. The zero-order chi connectivity index (χ0) is 24.8. The van der Waals surface area contributed by atoms with E-state index in [1.807, 2.05) is 22.9 Å². The summed E-state index contributed by atoms with van der Waals surface area (Å²) in [5.41, 5.74) is 2.23. The number of rotatable bonds is 8. The molecule has 2 aromatic carbocycles. The molecule has 0 aliphatic carbocycles.